The van der Waals surface area contributed by atoms with Gasteiger partial charge in [0.1, 0.15) is 11.8 Å². The van der Waals surface area contributed by atoms with Crippen LogP contribution < -0.4 is 10.1 Å². The number of nitrogens with one attached hydrogen (secondary N) is 1. The van der Waals surface area contributed by atoms with Crippen LogP contribution in [-0.2, 0) is 16.1 Å². The molecule has 0 fully saturated rings. The number of hydrogen-bond acceptors (Lipinski definition) is 3. The molecule has 1 heterocycles. The van der Waals surface area contributed by atoms with E-state index in [0.29, 0.717) is 6.54 Å². The lowest BCUT2D eigenvalue weighted by molar-refractivity contribution is -0.143. The minimum atomic E-state index is -1.01. The predicted octanol–water partition coefficient (Wildman–Crippen LogP) is 2.27. The van der Waals surface area contributed by atoms with E-state index in [4.69, 9.17) is 9.84 Å². The maximum absolute atomic E-state index is 12.0. The second-order valence-corrected chi connectivity index (χ2v) is 5.81. The number of rotatable bonds is 7. The highest BCUT2D eigenvalue weighted by molar-refractivity contribution is 5.84. The number of carbonyl (C=O) groups excluding carboxylic acids is 1. The van der Waals surface area contributed by atoms with Crippen molar-refractivity contribution in [1.82, 2.24) is 9.88 Å². The van der Waals surface area contributed by atoms with Crippen LogP contribution in [0.4, 0.5) is 0 Å². The van der Waals surface area contributed by atoms with E-state index < -0.39 is 12.0 Å². The molecular formula is C17H22N2O4. The Labute approximate surface area is 135 Å². The molecule has 0 spiro atoms. The standard InChI is InChI=1S/C17H22N2O4/c1-11(2)16(17(21)22)18-15(20)7-9-19-8-6-12-10-13(23-3)4-5-14(12)19/h4-6,8,10-11,16H,7,9H2,1-3H3,(H,18,20)(H,21,22)/t16-/m1/s1. The highest BCUT2D eigenvalue weighted by Gasteiger charge is 2.23. The van der Waals surface area contributed by atoms with Crippen molar-refractivity contribution in [3.63, 3.8) is 0 Å². The van der Waals surface area contributed by atoms with Crippen LogP contribution in [0, 0.1) is 5.92 Å². The maximum atomic E-state index is 12.0. The summed E-state index contributed by atoms with van der Waals surface area (Å²) in [5.74, 6) is -0.640. The SMILES string of the molecule is COc1ccc2c(ccn2CCC(=O)N[C@@H](C(=O)O)C(C)C)c1. The number of carboxylic acid groups (broad SMARTS) is 1. The minimum Gasteiger partial charge on any atom is -0.497 e. The molecule has 1 amide bonds. The molecule has 1 aromatic heterocycles. The number of ether oxygens (including phenoxy) is 1. The number of methoxy groups -OCH3 is 1. The van der Waals surface area contributed by atoms with Gasteiger partial charge in [-0.3, -0.25) is 4.79 Å². The molecule has 0 bridgehead atoms. The summed E-state index contributed by atoms with van der Waals surface area (Å²) >= 11 is 0. The lowest BCUT2D eigenvalue weighted by Crippen LogP contribution is -2.44. The molecule has 0 aliphatic heterocycles. The highest BCUT2D eigenvalue weighted by atomic mass is 16.5. The molecule has 0 aliphatic carbocycles. The van der Waals surface area contributed by atoms with Crippen LogP contribution in [0.1, 0.15) is 20.3 Å². The van der Waals surface area contributed by atoms with E-state index in [0.717, 1.165) is 16.7 Å². The third kappa shape index (κ3) is 4.03. The maximum Gasteiger partial charge on any atom is 0.326 e. The van der Waals surface area contributed by atoms with Crippen molar-refractivity contribution in [1.29, 1.82) is 0 Å². The van der Waals surface area contributed by atoms with Crippen molar-refractivity contribution < 1.29 is 19.4 Å². The average Bonchev–Trinajstić information content (AvgIpc) is 2.92. The van der Waals surface area contributed by atoms with Gasteiger partial charge in [-0.25, -0.2) is 4.79 Å². The Kier molecular flexibility index (Phi) is 5.26. The molecule has 0 aliphatic rings. The Morgan fingerprint density at radius 3 is 2.65 bits per heavy atom. The quantitative estimate of drug-likeness (QED) is 0.820. The second kappa shape index (κ2) is 7.17. The Morgan fingerprint density at radius 1 is 1.30 bits per heavy atom. The number of carbonyl (C=O) groups is 2. The van der Waals surface area contributed by atoms with E-state index in [-0.39, 0.29) is 18.2 Å². The molecule has 0 radical (unpaired) electrons. The molecule has 2 rings (SSSR count). The number of benzene rings is 1. The summed E-state index contributed by atoms with van der Waals surface area (Å²) in [4.78, 5) is 23.1. The first-order valence-electron chi connectivity index (χ1n) is 7.57. The van der Waals surface area contributed by atoms with Crippen molar-refractivity contribution in [3.8, 4) is 5.75 Å². The third-order valence-electron chi connectivity index (χ3n) is 3.81. The molecule has 2 aromatic rings. The molecule has 2 N–H and O–H groups in total. The zero-order chi connectivity index (χ0) is 17.0. The molecular weight excluding hydrogens is 296 g/mol. The van der Waals surface area contributed by atoms with Crippen molar-refractivity contribution in [2.24, 2.45) is 5.92 Å². The highest BCUT2D eigenvalue weighted by Crippen LogP contribution is 2.22. The van der Waals surface area contributed by atoms with Gasteiger partial charge in [-0.1, -0.05) is 13.8 Å². The Morgan fingerprint density at radius 2 is 2.04 bits per heavy atom. The largest absolute Gasteiger partial charge is 0.497 e. The van der Waals surface area contributed by atoms with Gasteiger partial charge in [-0.05, 0) is 30.2 Å². The third-order valence-corrected chi connectivity index (χ3v) is 3.81. The fraction of sp³-hybridized carbons (Fsp3) is 0.412. The van der Waals surface area contributed by atoms with Crippen molar-refractivity contribution in [3.05, 3.63) is 30.5 Å². The smallest absolute Gasteiger partial charge is 0.326 e. The van der Waals surface area contributed by atoms with E-state index in [1.54, 1.807) is 21.0 Å². The van der Waals surface area contributed by atoms with E-state index in [1.165, 1.54) is 0 Å². The van der Waals surface area contributed by atoms with Crippen LogP contribution in [0.25, 0.3) is 10.9 Å². The molecule has 0 unspecified atom stereocenters. The molecule has 6 heteroatoms. The van der Waals surface area contributed by atoms with Crippen molar-refractivity contribution in [2.45, 2.75) is 32.9 Å². The topological polar surface area (TPSA) is 80.6 Å². The average molecular weight is 318 g/mol. The summed E-state index contributed by atoms with van der Waals surface area (Å²) in [7, 11) is 1.62. The van der Waals surface area contributed by atoms with Crippen LogP contribution in [0.5, 0.6) is 5.75 Å². The number of amides is 1. The monoisotopic (exact) mass is 318 g/mol. The van der Waals surface area contributed by atoms with Gasteiger partial charge >= 0.3 is 5.97 Å². The Bertz CT molecular complexity index is 706. The first kappa shape index (κ1) is 16.9. The summed E-state index contributed by atoms with van der Waals surface area (Å²) < 4.78 is 7.16. The zero-order valence-electron chi connectivity index (χ0n) is 13.6. The second-order valence-electron chi connectivity index (χ2n) is 5.81. The molecule has 124 valence electrons. The van der Waals surface area contributed by atoms with Crippen LogP contribution in [0.15, 0.2) is 30.5 Å². The Balaban J connectivity index is 2.00. The van der Waals surface area contributed by atoms with Gasteiger partial charge in [0.2, 0.25) is 5.91 Å². The fourth-order valence-corrected chi connectivity index (χ4v) is 2.48. The first-order chi connectivity index (χ1) is 10.9. The van der Waals surface area contributed by atoms with Crippen molar-refractivity contribution >= 4 is 22.8 Å². The van der Waals surface area contributed by atoms with Crippen LogP contribution >= 0.6 is 0 Å². The lowest BCUT2D eigenvalue weighted by Gasteiger charge is -2.18. The van der Waals surface area contributed by atoms with Crippen LogP contribution in [0.2, 0.25) is 0 Å². The molecule has 1 atom stereocenters. The van der Waals surface area contributed by atoms with Crippen LogP contribution in [-0.4, -0.2) is 34.7 Å². The summed E-state index contributed by atoms with van der Waals surface area (Å²) in [6.45, 7) is 4.03. The summed E-state index contributed by atoms with van der Waals surface area (Å²) in [5, 5.41) is 12.7. The summed E-state index contributed by atoms with van der Waals surface area (Å²) in [6, 6.07) is 6.86. The number of fused-ring (bicyclic) bond motifs is 1. The van der Waals surface area contributed by atoms with E-state index in [1.807, 2.05) is 35.0 Å². The van der Waals surface area contributed by atoms with Gasteiger partial charge in [0, 0.05) is 30.1 Å². The van der Waals surface area contributed by atoms with E-state index in [2.05, 4.69) is 5.32 Å². The number of aromatic nitrogens is 1. The first-order valence-corrected chi connectivity index (χ1v) is 7.57. The summed E-state index contributed by atoms with van der Waals surface area (Å²) in [6.07, 6.45) is 2.14. The van der Waals surface area contributed by atoms with Gasteiger partial charge < -0.3 is 19.7 Å². The van der Waals surface area contributed by atoms with Crippen molar-refractivity contribution in [2.75, 3.05) is 7.11 Å². The number of aliphatic carboxylic acids is 1. The fourth-order valence-electron chi connectivity index (χ4n) is 2.48. The van der Waals surface area contributed by atoms with Gasteiger partial charge in [0.15, 0.2) is 0 Å². The molecule has 0 saturated heterocycles. The molecule has 0 saturated carbocycles. The minimum absolute atomic E-state index is 0.156. The van der Waals surface area contributed by atoms with E-state index in [9.17, 15) is 9.59 Å². The van der Waals surface area contributed by atoms with Gasteiger partial charge in [0.25, 0.3) is 0 Å². The lowest BCUT2D eigenvalue weighted by atomic mass is 10.0. The van der Waals surface area contributed by atoms with E-state index >= 15 is 0 Å². The van der Waals surface area contributed by atoms with Gasteiger partial charge in [0.05, 0.1) is 7.11 Å². The van der Waals surface area contributed by atoms with Gasteiger partial charge in [-0.2, -0.15) is 0 Å². The Hall–Kier alpha value is -2.50. The normalized spacial score (nSPS) is 12.3. The van der Waals surface area contributed by atoms with Gasteiger partial charge in [-0.15, -0.1) is 0 Å². The molecule has 1 aromatic carbocycles. The molecule has 23 heavy (non-hydrogen) atoms. The number of nitrogens with zero attached hydrogens (tertiary/aromatic N) is 1. The zero-order valence-corrected chi connectivity index (χ0v) is 13.6. The predicted molar refractivity (Wildman–Crippen MR) is 87.5 cm³/mol. The number of aryl methyl sites for hydroxylation is 1. The van der Waals surface area contributed by atoms with Crippen LogP contribution in [0.3, 0.4) is 0 Å². The summed E-state index contributed by atoms with van der Waals surface area (Å²) in [5.41, 5.74) is 1.01. The number of hydrogen-bond donors (Lipinski definition) is 2. The number of carboxylic acids is 1. The molecule has 6 nitrogen and oxygen atoms in total.